The van der Waals surface area contributed by atoms with Crippen LogP contribution in [0.1, 0.15) is 22.3 Å². The topological polar surface area (TPSA) is 146 Å². The number of benzene rings is 3. The predicted molar refractivity (Wildman–Crippen MR) is 127 cm³/mol. The van der Waals surface area contributed by atoms with Crippen LogP contribution in [0.15, 0.2) is 70.9 Å². The van der Waals surface area contributed by atoms with Crippen molar-refractivity contribution in [3.63, 3.8) is 0 Å². The lowest BCUT2D eigenvalue weighted by molar-refractivity contribution is -0.121. The molecule has 1 fully saturated rings. The van der Waals surface area contributed by atoms with E-state index in [-0.39, 0.29) is 28.6 Å². The number of imide groups is 1. The van der Waals surface area contributed by atoms with Crippen LogP contribution < -0.4 is 10.6 Å². The predicted octanol–water partition coefficient (Wildman–Crippen LogP) is 2.96. The summed E-state index contributed by atoms with van der Waals surface area (Å²) in [4.78, 5) is 37.3. The van der Waals surface area contributed by atoms with E-state index in [1.54, 1.807) is 12.1 Å². The third-order valence-electron chi connectivity index (χ3n) is 5.01. The summed E-state index contributed by atoms with van der Waals surface area (Å²) >= 11 is 0.894. The first-order chi connectivity index (χ1) is 15.8. The van der Waals surface area contributed by atoms with Crippen molar-refractivity contribution in [3.8, 4) is 5.75 Å². The molecule has 10 heteroatoms. The number of carboxylic acids is 1. The Morgan fingerprint density at radius 3 is 2.70 bits per heavy atom. The number of carbonyl (C=O) groups excluding carboxylic acids is 2. The van der Waals surface area contributed by atoms with Gasteiger partial charge in [0.1, 0.15) is 11.0 Å². The third kappa shape index (κ3) is 4.55. The molecule has 0 saturated carbocycles. The van der Waals surface area contributed by atoms with Gasteiger partial charge in [-0.05, 0) is 35.0 Å². The summed E-state index contributed by atoms with van der Waals surface area (Å²) in [5, 5.41) is 28.0. The molecule has 1 aliphatic heterocycles. The van der Waals surface area contributed by atoms with Gasteiger partial charge in [-0.3, -0.25) is 9.59 Å². The number of carboxylic acid groups (broad SMARTS) is 1. The maximum absolute atomic E-state index is 12.8. The smallest absolute Gasteiger partial charge is 0.335 e. The highest BCUT2D eigenvalue weighted by Crippen LogP contribution is 2.30. The van der Waals surface area contributed by atoms with Crippen molar-refractivity contribution >= 4 is 57.4 Å². The molecule has 0 bridgehead atoms. The number of anilines is 1. The van der Waals surface area contributed by atoms with Gasteiger partial charge in [-0.25, -0.2) is 9.69 Å². The number of amidine groups is 1. The molecule has 1 atom stereocenters. The second-order valence-electron chi connectivity index (χ2n) is 7.14. The number of phenols is 1. The fourth-order valence-electron chi connectivity index (χ4n) is 3.48. The molecule has 0 radical (unpaired) electrons. The Morgan fingerprint density at radius 1 is 1.12 bits per heavy atom. The van der Waals surface area contributed by atoms with E-state index in [1.807, 2.05) is 24.3 Å². The Labute approximate surface area is 192 Å². The molecule has 0 aliphatic carbocycles. The van der Waals surface area contributed by atoms with Crippen LogP contribution in [-0.2, 0) is 9.59 Å². The van der Waals surface area contributed by atoms with Crippen LogP contribution in [0.2, 0.25) is 0 Å². The Hall–Kier alpha value is -4.18. The molecule has 4 N–H and O–H groups in total. The Morgan fingerprint density at radius 2 is 1.91 bits per heavy atom. The van der Waals surface area contributed by atoms with Crippen LogP contribution >= 0.6 is 11.8 Å². The number of amides is 2. The van der Waals surface area contributed by atoms with Gasteiger partial charge in [0.25, 0.3) is 0 Å². The zero-order valence-electron chi connectivity index (χ0n) is 17.1. The molecule has 2 amide bonds. The number of rotatable bonds is 5. The number of carbonyl (C=O) groups is 3. The molecule has 1 heterocycles. The number of thioether (sulfide) groups is 1. The molecule has 4 rings (SSSR count). The first-order valence-corrected chi connectivity index (χ1v) is 10.7. The van der Waals surface area contributed by atoms with Crippen LogP contribution in [0.25, 0.3) is 10.8 Å². The first kappa shape index (κ1) is 22.0. The summed E-state index contributed by atoms with van der Waals surface area (Å²) in [5.41, 5.74) is 6.54. The second-order valence-corrected chi connectivity index (χ2v) is 8.36. The number of nitrogens with two attached hydrogens (primary N) is 1. The quantitative estimate of drug-likeness (QED) is 0.229. The van der Waals surface area contributed by atoms with E-state index in [9.17, 15) is 19.5 Å². The van der Waals surface area contributed by atoms with Crippen molar-refractivity contribution in [1.29, 1.82) is 0 Å². The van der Waals surface area contributed by atoms with Gasteiger partial charge in [-0.1, -0.05) is 48.2 Å². The highest BCUT2D eigenvalue weighted by atomic mass is 32.2. The van der Waals surface area contributed by atoms with E-state index in [2.05, 4.69) is 10.2 Å². The van der Waals surface area contributed by atoms with E-state index >= 15 is 0 Å². The SMILES string of the molecule is NC(=NN=Cc1c(O)ccc2ccccc12)SC1CC(=O)N(c2cccc(C(=O)O)c2)C1=O. The average molecular weight is 462 g/mol. The van der Waals surface area contributed by atoms with Crippen molar-refractivity contribution in [2.45, 2.75) is 11.7 Å². The lowest BCUT2D eigenvalue weighted by Crippen LogP contribution is -2.32. The van der Waals surface area contributed by atoms with Gasteiger partial charge >= 0.3 is 5.97 Å². The molecular weight excluding hydrogens is 444 g/mol. The largest absolute Gasteiger partial charge is 0.507 e. The van der Waals surface area contributed by atoms with E-state index in [1.165, 1.54) is 30.5 Å². The van der Waals surface area contributed by atoms with Crippen molar-refractivity contribution < 1.29 is 24.6 Å². The summed E-state index contributed by atoms with van der Waals surface area (Å²) < 4.78 is 0. The standard InChI is InChI=1S/C23H18N4O5S/c24-23(26-25-12-17-16-7-2-1-4-13(16)8-9-18(17)28)33-19-11-20(29)27(21(19)30)15-6-3-5-14(10-15)22(31)32/h1-10,12,19,28H,11H2,(H2,24,26)(H,31,32). The number of hydrogen-bond donors (Lipinski definition) is 3. The Bertz CT molecular complexity index is 1340. The average Bonchev–Trinajstić information content (AvgIpc) is 3.07. The van der Waals surface area contributed by atoms with Crippen LogP contribution in [0, 0.1) is 0 Å². The van der Waals surface area contributed by atoms with Crippen molar-refractivity contribution in [1.82, 2.24) is 0 Å². The van der Waals surface area contributed by atoms with Gasteiger partial charge in [0.05, 0.1) is 17.5 Å². The minimum Gasteiger partial charge on any atom is -0.507 e. The van der Waals surface area contributed by atoms with Gasteiger partial charge in [0.2, 0.25) is 11.8 Å². The second kappa shape index (κ2) is 9.13. The third-order valence-corrected chi connectivity index (χ3v) is 5.99. The van der Waals surface area contributed by atoms with E-state index < -0.39 is 23.0 Å². The minimum atomic E-state index is -1.16. The highest BCUT2D eigenvalue weighted by Gasteiger charge is 2.40. The van der Waals surface area contributed by atoms with Crippen LogP contribution in [0.4, 0.5) is 5.69 Å². The van der Waals surface area contributed by atoms with Gasteiger partial charge in [-0.2, -0.15) is 5.10 Å². The summed E-state index contributed by atoms with van der Waals surface area (Å²) in [6, 6.07) is 16.4. The molecule has 9 nitrogen and oxygen atoms in total. The Kier molecular flexibility index (Phi) is 6.09. The summed E-state index contributed by atoms with van der Waals surface area (Å²) in [5.74, 6) is -2.10. The van der Waals surface area contributed by atoms with Crippen LogP contribution in [-0.4, -0.2) is 44.6 Å². The molecule has 33 heavy (non-hydrogen) atoms. The Balaban J connectivity index is 1.49. The number of nitrogens with zero attached hydrogens (tertiary/aromatic N) is 3. The van der Waals surface area contributed by atoms with E-state index in [0.29, 0.717) is 5.56 Å². The lowest BCUT2D eigenvalue weighted by atomic mass is 10.0. The molecule has 1 aliphatic rings. The molecular formula is C23H18N4O5S. The van der Waals surface area contributed by atoms with E-state index in [4.69, 9.17) is 10.8 Å². The number of fused-ring (bicyclic) bond motifs is 1. The van der Waals surface area contributed by atoms with Gasteiger partial charge < -0.3 is 15.9 Å². The molecule has 3 aromatic rings. The minimum absolute atomic E-state index is 0.0294. The van der Waals surface area contributed by atoms with Gasteiger partial charge in [0.15, 0.2) is 5.17 Å². The summed E-state index contributed by atoms with van der Waals surface area (Å²) in [6.07, 6.45) is 1.27. The van der Waals surface area contributed by atoms with Crippen molar-refractivity contribution in [2.24, 2.45) is 15.9 Å². The fraction of sp³-hybridized carbons (Fsp3) is 0.0870. The molecule has 1 saturated heterocycles. The maximum Gasteiger partial charge on any atom is 0.335 e. The number of aromatic hydroxyl groups is 1. The number of phenolic OH excluding ortho intramolecular Hbond substituents is 1. The fourth-order valence-corrected chi connectivity index (χ4v) is 4.30. The zero-order chi connectivity index (χ0) is 23.5. The van der Waals surface area contributed by atoms with Gasteiger partial charge in [0, 0.05) is 12.0 Å². The summed E-state index contributed by atoms with van der Waals surface area (Å²) in [6.45, 7) is 0. The highest BCUT2D eigenvalue weighted by molar-refractivity contribution is 8.14. The molecule has 3 aromatic carbocycles. The molecule has 166 valence electrons. The monoisotopic (exact) mass is 462 g/mol. The van der Waals surface area contributed by atoms with Crippen LogP contribution in [0.5, 0.6) is 5.75 Å². The van der Waals surface area contributed by atoms with Crippen LogP contribution in [0.3, 0.4) is 0 Å². The first-order valence-electron chi connectivity index (χ1n) is 9.79. The molecule has 0 spiro atoms. The summed E-state index contributed by atoms with van der Waals surface area (Å²) in [7, 11) is 0. The lowest BCUT2D eigenvalue weighted by Gasteiger charge is -2.15. The van der Waals surface area contributed by atoms with Gasteiger partial charge in [-0.15, -0.1) is 5.10 Å². The normalized spacial score (nSPS) is 16.8. The number of hydrogen-bond acceptors (Lipinski definition) is 7. The maximum atomic E-state index is 12.8. The number of aromatic carboxylic acids is 1. The van der Waals surface area contributed by atoms with E-state index in [0.717, 1.165) is 27.4 Å². The zero-order valence-corrected chi connectivity index (χ0v) is 17.9. The van der Waals surface area contributed by atoms with Crippen molar-refractivity contribution in [3.05, 3.63) is 71.8 Å². The molecule has 0 aromatic heterocycles. The molecule has 1 unspecified atom stereocenters. The van der Waals surface area contributed by atoms with Crippen molar-refractivity contribution in [2.75, 3.05) is 4.90 Å².